The number of nitrogens with zero attached hydrogens (tertiary/aromatic N) is 1. The lowest BCUT2D eigenvalue weighted by Gasteiger charge is -2.24. The highest BCUT2D eigenvalue weighted by molar-refractivity contribution is 7.15. The Labute approximate surface area is 227 Å². The first-order valence-electron chi connectivity index (χ1n) is 13.0. The third-order valence-corrected chi connectivity index (χ3v) is 7.70. The molecule has 0 aliphatic heterocycles. The molecular formula is C31H36F3NO2S. The van der Waals surface area contributed by atoms with E-state index in [1.807, 2.05) is 31.2 Å². The molecule has 7 heteroatoms. The minimum Gasteiger partial charge on any atom is -0.480 e. The van der Waals surface area contributed by atoms with Gasteiger partial charge < -0.3 is 4.74 Å². The van der Waals surface area contributed by atoms with E-state index in [2.05, 4.69) is 13.0 Å². The Morgan fingerprint density at radius 1 is 1.05 bits per heavy atom. The van der Waals surface area contributed by atoms with Crippen molar-refractivity contribution in [2.45, 2.75) is 84.9 Å². The Hall–Kier alpha value is -2.93. The molecule has 0 aliphatic rings. The second-order valence-corrected chi connectivity index (χ2v) is 11.2. The van der Waals surface area contributed by atoms with Crippen LogP contribution in [0.4, 0.5) is 13.2 Å². The molecule has 2 aromatic carbocycles. The molecule has 0 aliphatic carbocycles. The maximum atomic E-state index is 13.0. The molecule has 38 heavy (non-hydrogen) atoms. The van der Waals surface area contributed by atoms with Gasteiger partial charge in [0.25, 0.3) is 0 Å². The third-order valence-electron chi connectivity index (χ3n) is 6.53. The number of ketones is 1. The molecule has 0 radical (unpaired) electrons. The zero-order chi connectivity index (χ0) is 27.9. The van der Waals surface area contributed by atoms with Gasteiger partial charge in [0.15, 0.2) is 11.4 Å². The standard InChI is InChI=1S/C31H36F3NO2S/c1-6-7-8-9-12-26-28(38-29(35-26)24-15-17-25(18-16-24)31(32,33)34)13-10-11-23-14-19-27(21(2)20-23)37-30(4,5)22(3)36/h10-11,14-20H,6-9,12-13H2,1-5H3/b11-10+. The van der Waals surface area contributed by atoms with E-state index < -0.39 is 17.3 Å². The first kappa shape index (κ1) is 29.6. The molecule has 204 valence electrons. The summed E-state index contributed by atoms with van der Waals surface area (Å²) in [6.07, 6.45) is 5.83. The predicted molar refractivity (Wildman–Crippen MR) is 150 cm³/mol. The van der Waals surface area contributed by atoms with Crippen molar-refractivity contribution in [3.63, 3.8) is 0 Å². The van der Waals surface area contributed by atoms with Gasteiger partial charge in [0.1, 0.15) is 10.8 Å². The van der Waals surface area contributed by atoms with Crippen LogP contribution in [-0.4, -0.2) is 16.4 Å². The van der Waals surface area contributed by atoms with Gasteiger partial charge in [0.05, 0.1) is 11.3 Å². The Morgan fingerprint density at radius 2 is 1.76 bits per heavy atom. The highest BCUT2D eigenvalue weighted by Crippen LogP contribution is 2.34. The molecule has 0 spiro atoms. The lowest BCUT2D eigenvalue weighted by molar-refractivity contribution is -0.137. The number of unbranched alkanes of at least 4 members (excludes halogenated alkanes) is 3. The van der Waals surface area contributed by atoms with Crippen molar-refractivity contribution in [3.05, 3.63) is 75.8 Å². The average molecular weight is 544 g/mol. The molecular weight excluding hydrogens is 507 g/mol. The van der Waals surface area contributed by atoms with Crippen LogP contribution in [0.1, 0.15) is 80.6 Å². The summed E-state index contributed by atoms with van der Waals surface area (Å²) in [6.45, 7) is 9.17. The predicted octanol–water partition coefficient (Wildman–Crippen LogP) is 9.26. The fourth-order valence-electron chi connectivity index (χ4n) is 3.92. The average Bonchev–Trinajstić information content (AvgIpc) is 3.26. The number of hydrogen-bond acceptors (Lipinski definition) is 4. The van der Waals surface area contributed by atoms with E-state index in [-0.39, 0.29) is 5.78 Å². The molecule has 0 saturated heterocycles. The summed E-state index contributed by atoms with van der Waals surface area (Å²) in [5.41, 5.74) is 2.15. The Balaban J connectivity index is 1.77. The Bertz CT molecular complexity index is 1260. The number of aryl methyl sites for hydroxylation is 2. The summed E-state index contributed by atoms with van der Waals surface area (Å²) in [5.74, 6) is 0.645. The van der Waals surface area contributed by atoms with Crippen LogP contribution in [0.5, 0.6) is 5.75 Å². The van der Waals surface area contributed by atoms with Crippen LogP contribution in [0, 0.1) is 6.92 Å². The maximum absolute atomic E-state index is 13.0. The van der Waals surface area contributed by atoms with Gasteiger partial charge in [0.2, 0.25) is 0 Å². The van der Waals surface area contributed by atoms with Crippen LogP contribution in [0.2, 0.25) is 0 Å². The minimum atomic E-state index is -4.35. The van der Waals surface area contributed by atoms with Gasteiger partial charge in [-0.25, -0.2) is 4.98 Å². The molecule has 0 saturated carbocycles. The van der Waals surface area contributed by atoms with Crippen molar-refractivity contribution < 1.29 is 22.7 Å². The molecule has 0 fully saturated rings. The summed E-state index contributed by atoms with van der Waals surface area (Å²) in [6, 6.07) is 11.1. The number of ether oxygens (including phenoxy) is 1. The normalized spacial score (nSPS) is 12.3. The van der Waals surface area contributed by atoms with Crippen molar-refractivity contribution in [1.82, 2.24) is 4.98 Å². The molecule has 1 heterocycles. The van der Waals surface area contributed by atoms with Gasteiger partial charge >= 0.3 is 6.18 Å². The van der Waals surface area contributed by atoms with E-state index in [9.17, 15) is 18.0 Å². The summed E-state index contributed by atoms with van der Waals surface area (Å²) >= 11 is 1.54. The minimum absolute atomic E-state index is 0.0356. The van der Waals surface area contributed by atoms with Gasteiger partial charge in [-0.05, 0) is 75.9 Å². The number of benzene rings is 2. The van der Waals surface area contributed by atoms with E-state index >= 15 is 0 Å². The first-order valence-corrected chi connectivity index (χ1v) is 13.9. The summed E-state index contributed by atoms with van der Waals surface area (Å²) in [7, 11) is 0. The fourth-order valence-corrected chi connectivity index (χ4v) is 5.01. The van der Waals surface area contributed by atoms with Crippen LogP contribution in [0.3, 0.4) is 0 Å². The molecule has 0 bridgehead atoms. The van der Waals surface area contributed by atoms with Crippen molar-refractivity contribution >= 4 is 23.2 Å². The number of hydrogen-bond donors (Lipinski definition) is 0. The number of aromatic nitrogens is 1. The summed E-state index contributed by atoms with van der Waals surface area (Å²) in [5, 5.41) is 0.748. The molecule has 0 N–H and O–H groups in total. The van der Waals surface area contributed by atoms with E-state index in [0.717, 1.165) is 64.5 Å². The van der Waals surface area contributed by atoms with Gasteiger partial charge in [-0.2, -0.15) is 13.2 Å². The number of halogens is 3. The lowest BCUT2D eigenvalue weighted by Crippen LogP contribution is -2.36. The van der Waals surface area contributed by atoms with Crippen LogP contribution in [0.25, 0.3) is 16.6 Å². The molecule has 0 atom stereocenters. The van der Waals surface area contributed by atoms with Crippen molar-refractivity contribution in [2.75, 3.05) is 0 Å². The largest absolute Gasteiger partial charge is 0.480 e. The van der Waals surface area contributed by atoms with E-state index in [4.69, 9.17) is 9.72 Å². The number of rotatable bonds is 12. The van der Waals surface area contributed by atoms with Gasteiger partial charge in [0, 0.05) is 16.9 Å². The zero-order valence-electron chi connectivity index (χ0n) is 22.7. The van der Waals surface area contributed by atoms with Gasteiger partial charge in [-0.1, -0.05) is 56.5 Å². The second-order valence-electron chi connectivity index (χ2n) is 10.1. The summed E-state index contributed by atoms with van der Waals surface area (Å²) < 4.78 is 44.9. The van der Waals surface area contributed by atoms with Crippen molar-refractivity contribution in [2.24, 2.45) is 0 Å². The van der Waals surface area contributed by atoms with E-state index in [1.54, 1.807) is 25.2 Å². The van der Waals surface area contributed by atoms with Crippen molar-refractivity contribution in [3.8, 4) is 16.3 Å². The zero-order valence-corrected chi connectivity index (χ0v) is 23.6. The molecule has 3 nitrogen and oxygen atoms in total. The number of carbonyl (C=O) groups excluding carboxylic acids is 1. The summed E-state index contributed by atoms with van der Waals surface area (Å²) in [4.78, 5) is 17.8. The Kier molecular flexibility index (Phi) is 9.94. The molecule has 0 amide bonds. The monoisotopic (exact) mass is 543 g/mol. The first-order chi connectivity index (χ1) is 17.9. The molecule has 3 aromatic rings. The number of alkyl halides is 3. The van der Waals surface area contributed by atoms with Gasteiger partial charge in [-0.15, -0.1) is 11.3 Å². The van der Waals surface area contributed by atoms with Crippen LogP contribution < -0.4 is 4.74 Å². The van der Waals surface area contributed by atoms with E-state index in [0.29, 0.717) is 17.7 Å². The quantitative estimate of drug-likeness (QED) is 0.214. The van der Waals surface area contributed by atoms with Gasteiger partial charge in [-0.3, -0.25) is 4.79 Å². The van der Waals surface area contributed by atoms with Crippen LogP contribution in [0.15, 0.2) is 48.5 Å². The maximum Gasteiger partial charge on any atom is 0.416 e. The third kappa shape index (κ3) is 8.03. The molecule has 0 unspecified atom stereocenters. The van der Waals surface area contributed by atoms with E-state index in [1.165, 1.54) is 25.5 Å². The number of thiazole rings is 1. The van der Waals surface area contributed by atoms with Crippen LogP contribution >= 0.6 is 11.3 Å². The topological polar surface area (TPSA) is 39.2 Å². The Morgan fingerprint density at radius 3 is 2.37 bits per heavy atom. The van der Waals surface area contributed by atoms with Crippen molar-refractivity contribution in [1.29, 1.82) is 0 Å². The SMILES string of the molecule is CCCCCCc1nc(-c2ccc(C(F)(F)F)cc2)sc1C/C=C/c1ccc(OC(C)(C)C(C)=O)c(C)c1. The molecule has 3 rings (SSSR count). The molecule has 1 aromatic heterocycles. The van der Waals surface area contributed by atoms with Crippen LogP contribution in [-0.2, 0) is 23.8 Å². The highest BCUT2D eigenvalue weighted by Gasteiger charge is 2.30. The second kappa shape index (κ2) is 12.7. The number of carbonyl (C=O) groups is 1. The smallest absolute Gasteiger partial charge is 0.416 e. The fraction of sp³-hybridized carbons (Fsp3) is 0.419. The highest BCUT2D eigenvalue weighted by atomic mass is 32.1. The lowest BCUT2D eigenvalue weighted by atomic mass is 10.0. The number of Topliss-reactive ketones (excluding diaryl/α,β-unsaturated/α-hetero) is 1. The number of allylic oxidation sites excluding steroid dienone is 1.